The predicted octanol–water partition coefficient (Wildman–Crippen LogP) is 6.66. The Bertz CT molecular complexity index is 930. The SMILES string of the molecule is CCCCCCc1cnc(-c2ccc(-c3cc(F)c(C)c(F)c3)c(F)c2)nc1. The number of hydrogen-bond acceptors (Lipinski definition) is 2. The van der Waals surface area contributed by atoms with Crippen molar-refractivity contribution in [2.75, 3.05) is 0 Å². The normalized spacial score (nSPS) is 11.0. The molecule has 28 heavy (non-hydrogen) atoms. The second kappa shape index (κ2) is 9.00. The fraction of sp³-hybridized carbons (Fsp3) is 0.304. The van der Waals surface area contributed by atoms with Gasteiger partial charge in [0.15, 0.2) is 5.82 Å². The third-order valence-corrected chi connectivity index (χ3v) is 4.84. The van der Waals surface area contributed by atoms with E-state index in [1.165, 1.54) is 38.3 Å². The fourth-order valence-corrected chi connectivity index (χ4v) is 3.08. The van der Waals surface area contributed by atoms with Crippen LogP contribution < -0.4 is 0 Å². The summed E-state index contributed by atoms with van der Waals surface area (Å²) < 4.78 is 42.2. The van der Waals surface area contributed by atoms with Crippen molar-refractivity contribution in [2.24, 2.45) is 0 Å². The first-order valence-corrected chi connectivity index (χ1v) is 9.56. The quantitative estimate of drug-likeness (QED) is 0.426. The van der Waals surface area contributed by atoms with E-state index in [0.29, 0.717) is 11.4 Å². The number of rotatable bonds is 7. The van der Waals surface area contributed by atoms with Gasteiger partial charge in [0.1, 0.15) is 17.5 Å². The van der Waals surface area contributed by atoms with Gasteiger partial charge >= 0.3 is 0 Å². The smallest absolute Gasteiger partial charge is 0.159 e. The molecule has 0 radical (unpaired) electrons. The van der Waals surface area contributed by atoms with Crippen LogP contribution in [-0.2, 0) is 6.42 Å². The number of aryl methyl sites for hydroxylation is 1. The van der Waals surface area contributed by atoms with Crippen molar-refractivity contribution < 1.29 is 13.2 Å². The van der Waals surface area contributed by atoms with E-state index in [1.807, 2.05) is 0 Å². The van der Waals surface area contributed by atoms with Crippen molar-refractivity contribution in [3.63, 3.8) is 0 Å². The Hall–Kier alpha value is -2.69. The zero-order chi connectivity index (χ0) is 20.1. The Morgan fingerprint density at radius 2 is 1.43 bits per heavy atom. The summed E-state index contributed by atoms with van der Waals surface area (Å²) in [6.07, 6.45) is 9.17. The maximum atomic E-state index is 14.6. The molecular weight excluding hydrogens is 361 g/mol. The van der Waals surface area contributed by atoms with Crippen molar-refractivity contribution in [3.8, 4) is 22.5 Å². The van der Waals surface area contributed by atoms with Crippen LogP contribution in [0.5, 0.6) is 0 Å². The van der Waals surface area contributed by atoms with Crippen molar-refractivity contribution in [1.82, 2.24) is 9.97 Å². The van der Waals surface area contributed by atoms with Crippen LogP contribution in [0.25, 0.3) is 22.5 Å². The summed E-state index contributed by atoms with van der Waals surface area (Å²) in [6.45, 7) is 3.52. The summed E-state index contributed by atoms with van der Waals surface area (Å²) in [4.78, 5) is 8.67. The molecule has 1 heterocycles. The number of nitrogens with zero attached hydrogens (tertiary/aromatic N) is 2. The summed E-state index contributed by atoms with van der Waals surface area (Å²) in [6, 6.07) is 6.72. The standard InChI is InChI=1S/C23H23F3N2/c1-3-4-5-6-7-16-13-27-23(28-14-16)17-8-9-19(22(26)10-17)18-11-20(24)15(2)21(25)12-18/h8-14H,3-7H2,1-2H3. The minimum atomic E-state index is -0.698. The Balaban J connectivity index is 1.79. The number of halogens is 3. The molecule has 0 unspecified atom stereocenters. The molecule has 0 bridgehead atoms. The number of hydrogen-bond donors (Lipinski definition) is 0. The zero-order valence-corrected chi connectivity index (χ0v) is 16.1. The second-order valence-corrected chi connectivity index (χ2v) is 6.99. The lowest BCUT2D eigenvalue weighted by Gasteiger charge is -2.08. The van der Waals surface area contributed by atoms with Gasteiger partial charge in [0.2, 0.25) is 0 Å². The van der Waals surface area contributed by atoms with Crippen molar-refractivity contribution in [2.45, 2.75) is 46.0 Å². The summed E-state index contributed by atoms with van der Waals surface area (Å²) >= 11 is 0. The molecule has 3 rings (SSSR count). The lowest BCUT2D eigenvalue weighted by atomic mass is 10.0. The third kappa shape index (κ3) is 4.58. The van der Waals surface area contributed by atoms with Crippen molar-refractivity contribution >= 4 is 0 Å². The van der Waals surface area contributed by atoms with E-state index in [-0.39, 0.29) is 16.7 Å². The Labute approximate surface area is 163 Å². The Kier molecular flexibility index (Phi) is 6.45. The molecule has 5 heteroatoms. The van der Waals surface area contributed by atoms with Crippen LogP contribution in [0.3, 0.4) is 0 Å². The van der Waals surface area contributed by atoms with E-state index in [2.05, 4.69) is 16.9 Å². The maximum Gasteiger partial charge on any atom is 0.159 e. The molecule has 2 nitrogen and oxygen atoms in total. The van der Waals surface area contributed by atoms with Gasteiger partial charge in [0.25, 0.3) is 0 Å². The van der Waals surface area contributed by atoms with Gasteiger partial charge in [-0.15, -0.1) is 0 Å². The molecule has 146 valence electrons. The number of unbranched alkanes of at least 4 members (excludes halogenated alkanes) is 3. The predicted molar refractivity (Wildman–Crippen MR) is 105 cm³/mol. The first-order valence-electron chi connectivity index (χ1n) is 9.56. The van der Waals surface area contributed by atoms with Gasteiger partial charge in [-0.3, -0.25) is 0 Å². The van der Waals surface area contributed by atoms with Crippen LogP contribution in [0, 0.1) is 24.4 Å². The Morgan fingerprint density at radius 3 is 2.04 bits per heavy atom. The minimum absolute atomic E-state index is 0.0797. The van der Waals surface area contributed by atoms with Gasteiger partial charge in [0.05, 0.1) is 0 Å². The molecule has 3 aromatic rings. The van der Waals surface area contributed by atoms with Gasteiger partial charge < -0.3 is 0 Å². The van der Waals surface area contributed by atoms with E-state index in [9.17, 15) is 13.2 Å². The molecule has 0 aliphatic carbocycles. The van der Waals surface area contributed by atoms with Gasteiger partial charge in [-0.25, -0.2) is 23.1 Å². The van der Waals surface area contributed by atoms with E-state index in [1.54, 1.807) is 18.5 Å². The summed E-state index contributed by atoms with van der Waals surface area (Å²) in [5, 5.41) is 0. The molecule has 1 aromatic heterocycles. The second-order valence-electron chi connectivity index (χ2n) is 6.99. The molecule has 0 fully saturated rings. The van der Waals surface area contributed by atoms with E-state index >= 15 is 0 Å². The molecule has 0 spiro atoms. The summed E-state index contributed by atoms with van der Waals surface area (Å²) in [7, 11) is 0. The van der Waals surface area contributed by atoms with Crippen LogP contribution in [0.4, 0.5) is 13.2 Å². The maximum absolute atomic E-state index is 14.6. The molecule has 0 N–H and O–H groups in total. The molecular formula is C23H23F3N2. The molecule has 0 aliphatic heterocycles. The molecule has 0 saturated heterocycles. The highest BCUT2D eigenvalue weighted by Gasteiger charge is 2.13. The van der Waals surface area contributed by atoms with Gasteiger partial charge in [-0.05, 0) is 49.1 Å². The highest BCUT2D eigenvalue weighted by Crippen LogP contribution is 2.29. The van der Waals surface area contributed by atoms with Gasteiger partial charge in [0, 0.05) is 29.1 Å². The highest BCUT2D eigenvalue weighted by atomic mass is 19.1. The van der Waals surface area contributed by atoms with Crippen LogP contribution in [0.15, 0.2) is 42.7 Å². The van der Waals surface area contributed by atoms with E-state index in [0.717, 1.165) is 30.5 Å². The molecule has 2 aromatic carbocycles. The fourth-order valence-electron chi connectivity index (χ4n) is 3.08. The van der Waals surface area contributed by atoms with Gasteiger partial charge in [-0.2, -0.15) is 0 Å². The largest absolute Gasteiger partial charge is 0.236 e. The molecule has 0 atom stereocenters. The number of aromatic nitrogens is 2. The first kappa shape index (κ1) is 20.1. The average molecular weight is 384 g/mol. The van der Waals surface area contributed by atoms with Gasteiger partial charge in [-0.1, -0.05) is 38.3 Å². The lowest BCUT2D eigenvalue weighted by molar-refractivity contribution is 0.568. The highest BCUT2D eigenvalue weighted by molar-refractivity contribution is 5.69. The zero-order valence-electron chi connectivity index (χ0n) is 16.1. The van der Waals surface area contributed by atoms with Crippen LogP contribution in [0.2, 0.25) is 0 Å². The average Bonchev–Trinajstić information content (AvgIpc) is 2.69. The topological polar surface area (TPSA) is 25.8 Å². The number of benzene rings is 2. The first-order chi connectivity index (χ1) is 13.5. The van der Waals surface area contributed by atoms with Crippen LogP contribution in [0.1, 0.15) is 43.7 Å². The monoisotopic (exact) mass is 384 g/mol. The molecule has 0 aliphatic rings. The van der Waals surface area contributed by atoms with Crippen LogP contribution in [-0.4, -0.2) is 9.97 Å². The van der Waals surface area contributed by atoms with E-state index in [4.69, 9.17) is 0 Å². The summed E-state index contributed by atoms with van der Waals surface area (Å²) in [5.74, 6) is -1.55. The van der Waals surface area contributed by atoms with Crippen molar-refractivity contribution in [3.05, 3.63) is 71.3 Å². The third-order valence-electron chi connectivity index (χ3n) is 4.84. The lowest BCUT2D eigenvalue weighted by Crippen LogP contribution is -1.95. The van der Waals surface area contributed by atoms with Crippen LogP contribution >= 0.6 is 0 Å². The molecule has 0 amide bonds. The van der Waals surface area contributed by atoms with E-state index < -0.39 is 17.5 Å². The van der Waals surface area contributed by atoms with Crippen molar-refractivity contribution in [1.29, 1.82) is 0 Å². The summed E-state index contributed by atoms with van der Waals surface area (Å²) in [5.41, 5.74) is 1.79. The Morgan fingerprint density at radius 1 is 0.786 bits per heavy atom. The minimum Gasteiger partial charge on any atom is -0.236 e. The molecule has 0 saturated carbocycles.